The monoisotopic (exact) mass is 216 g/mol. The summed E-state index contributed by atoms with van der Waals surface area (Å²) < 4.78 is 5.68. The van der Waals surface area contributed by atoms with Gasteiger partial charge in [-0.05, 0) is 12.1 Å². The molecule has 4 N–H and O–H groups in total. The van der Waals surface area contributed by atoms with E-state index in [1.807, 2.05) is 11.8 Å². The third-order valence-corrected chi connectivity index (χ3v) is 2.84. The molecular weight excluding hydrogens is 196 g/mol. The number of hydrogen-bond donors (Lipinski definition) is 2. The van der Waals surface area contributed by atoms with E-state index >= 15 is 0 Å². The van der Waals surface area contributed by atoms with Crippen molar-refractivity contribution in [2.75, 3.05) is 26.4 Å². The Kier molecular flexibility index (Phi) is 5.07. The SMILES string of the molecule is C[NH+](C)Cc1ccc(CSCC[NH3+])o1. The summed E-state index contributed by atoms with van der Waals surface area (Å²) in [7, 11) is 4.25. The van der Waals surface area contributed by atoms with E-state index in [0.29, 0.717) is 0 Å². The first kappa shape index (κ1) is 11.6. The summed E-state index contributed by atoms with van der Waals surface area (Å²) in [6, 6.07) is 4.15. The summed E-state index contributed by atoms with van der Waals surface area (Å²) in [5, 5.41) is 0. The van der Waals surface area contributed by atoms with Crippen molar-refractivity contribution in [3.05, 3.63) is 23.7 Å². The molecule has 0 saturated carbocycles. The lowest BCUT2D eigenvalue weighted by Crippen LogP contribution is -3.04. The number of thioether (sulfide) groups is 1. The predicted molar refractivity (Wildman–Crippen MR) is 59.1 cm³/mol. The molecule has 0 spiro atoms. The minimum atomic E-state index is 0.958. The summed E-state index contributed by atoms with van der Waals surface area (Å²) in [6.07, 6.45) is 0. The van der Waals surface area contributed by atoms with Gasteiger partial charge >= 0.3 is 0 Å². The van der Waals surface area contributed by atoms with E-state index in [1.54, 1.807) is 0 Å². The molecule has 0 bridgehead atoms. The van der Waals surface area contributed by atoms with E-state index in [9.17, 15) is 0 Å². The van der Waals surface area contributed by atoms with Gasteiger partial charge in [0.2, 0.25) is 0 Å². The first-order valence-corrected chi connectivity index (χ1v) is 6.11. The lowest BCUT2D eigenvalue weighted by atomic mass is 10.4. The quantitative estimate of drug-likeness (QED) is 0.624. The van der Waals surface area contributed by atoms with Gasteiger partial charge in [0.05, 0.1) is 26.4 Å². The van der Waals surface area contributed by atoms with Crippen LogP contribution in [0.25, 0.3) is 0 Å². The van der Waals surface area contributed by atoms with Crippen molar-refractivity contribution in [3.8, 4) is 0 Å². The molecule has 0 aromatic carbocycles. The summed E-state index contributed by atoms with van der Waals surface area (Å²) in [5.74, 6) is 4.24. The minimum Gasteiger partial charge on any atom is -0.459 e. The second-order valence-electron chi connectivity index (χ2n) is 3.66. The van der Waals surface area contributed by atoms with Crippen molar-refractivity contribution >= 4 is 11.8 Å². The van der Waals surface area contributed by atoms with Crippen LogP contribution in [0.4, 0.5) is 0 Å². The average molecular weight is 216 g/mol. The molecule has 0 fully saturated rings. The minimum absolute atomic E-state index is 0.958. The Bertz CT molecular complexity index is 260. The second-order valence-corrected chi connectivity index (χ2v) is 4.76. The van der Waals surface area contributed by atoms with Crippen LogP contribution in [0.1, 0.15) is 11.5 Å². The Balaban J connectivity index is 2.35. The Morgan fingerprint density at radius 2 is 2.07 bits per heavy atom. The standard InChI is InChI=1S/C10H18N2OS/c1-12(2)7-9-3-4-10(13-9)8-14-6-5-11/h3-4H,5-8,11H2,1-2H3/p+2. The average Bonchev–Trinajstić information content (AvgIpc) is 2.52. The van der Waals surface area contributed by atoms with Gasteiger partial charge in [-0.25, -0.2) is 0 Å². The van der Waals surface area contributed by atoms with E-state index in [-0.39, 0.29) is 0 Å². The van der Waals surface area contributed by atoms with Gasteiger partial charge in [0.15, 0.2) is 5.76 Å². The molecule has 0 aliphatic heterocycles. The highest BCUT2D eigenvalue weighted by Gasteiger charge is 2.04. The molecule has 0 saturated heterocycles. The molecule has 0 aliphatic rings. The van der Waals surface area contributed by atoms with E-state index < -0.39 is 0 Å². The van der Waals surface area contributed by atoms with Crippen LogP contribution in [0.3, 0.4) is 0 Å². The Morgan fingerprint density at radius 1 is 1.36 bits per heavy atom. The van der Waals surface area contributed by atoms with Crippen molar-refractivity contribution in [1.29, 1.82) is 0 Å². The first-order valence-electron chi connectivity index (χ1n) is 4.96. The van der Waals surface area contributed by atoms with Gasteiger partial charge in [0, 0.05) is 5.75 Å². The van der Waals surface area contributed by atoms with Crippen LogP contribution in [0.2, 0.25) is 0 Å². The third kappa shape index (κ3) is 4.17. The lowest BCUT2D eigenvalue weighted by molar-refractivity contribution is -0.873. The zero-order valence-electron chi connectivity index (χ0n) is 9.01. The molecule has 80 valence electrons. The topological polar surface area (TPSA) is 45.2 Å². The molecule has 1 aromatic heterocycles. The highest BCUT2D eigenvalue weighted by atomic mass is 32.2. The largest absolute Gasteiger partial charge is 0.459 e. The fourth-order valence-corrected chi connectivity index (χ4v) is 1.92. The van der Waals surface area contributed by atoms with Crippen LogP contribution in [0.5, 0.6) is 0 Å². The number of quaternary nitrogens is 2. The molecule has 0 amide bonds. The zero-order chi connectivity index (χ0) is 10.4. The van der Waals surface area contributed by atoms with E-state index in [1.165, 1.54) is 4.90 Å². The fourth-order valence-electron chi connectivity index (χ4n) is 1.22. The first-order chi connectivity index (χ1) is 6.72. The number of nitrogens with one attached hydrogen (secondary N) is 1. The van der Waals surface area contributed by atoms with Gasteiger partial charge in [-0.2, -0.15) is 0 Å². The summed E-state index contributed by atoms with van der Waals surface area (Å²) in [5.41, 5.74) is 3.81. The Hall–Kier alpha value is -0.450. The van der Waals surface area contributed by atoms with E-state index in [2.05, 4.69) is 32.0 Å². The molecule has 0 radical (unpaired) electrons. The van der Waals surface area contributed by atoms with Crippen molar-refractivity contribution in [2.24, 2.45) is 0 Å². The molecule has 14 heavy (non-hydrogen) atoms. The fraction of sp³-hybridized carbons (Fsp3) is 0.600. The van der Waals surface area contributed by atoms with Gasteiger partial charge < -0.3 is 15.1 Å². The lowest BCUT2D eigenvalue weighted by Gasteiger charge is -2.03. The van der Waals surface area contributed by atoms with Crippen molar-refractivity contribution in [2.45, 2.75) is 12.3 Å². The van der Waals surface area contributed by atoms with Gasteiger partial charge in [0.1, 0.15) is 12.3 Å². The maximum Gasteiger partial charge on any atom is 0.158 e. The number of hydrogen-bond acceptors (Lipinski definition) is 2. The van der Waals surface area contributed by atoms with Crippen LogP contribution in [0.15, 0.2) is 16.5 Å². The van der Waals surface area contributed by atoms with E-state index in [4.69, 9.17) is 4.42 Å². The van der Waals surface area contributed by atoms with Crippen LogP contribution in [-0.2, 0) is 12.3 Å². The highest BCUT2D eigenvalue weighted by Crippen LogP contribution is 2.14. The maximum atomic E-state index is 5.68. The number of furan rings is 1. The molecule has 0 aliphatic carbocycles. The zero-order valence-corrected chi connectivity index (χ0v) is 9.82. The molecular formula is C10H20N2OS+2. The second kappa shape index (κ2) is 6.11. The maximum absolute atomic E-state index is 5.68. The van der Waals surface area contributed by atoms with Gasteiger partial charge in [-0.15, -0.1) is 11.8 Å². The Labute approximate surface area is 89.6 Å². The van der Waals surface area contributed by atoms with Crippen LogP contribution >= 0.6 is 11.8 Å². The number of rotatable bonds is 6. The molecule has 3 nitrogen and oxygen atoms in total. The van der Waals surface area contributed by atoms with Crippen molar-refractivity contribution < 1.29 is 15.1 Å². The summed E-state index contributed by atoms with van der Waals surface area (Å²) in [6.45, 7) is 1.94. The molecule has 1 rings (SSSR count). The summed E-state index contributed by atoms with van der Waals surface area (Å²) >= 11 is 1.88. The van der Waals surface area contributed by atoms with Crippen molar-refractivity contribution in [3.63, 3.8) is 0 Å². The molecule has 1 heterocycles. The molecule has 1 aromatic rings. The molecule has 0 unspecified atom stereocenters. The summed E-state index contributed by atoms with van der Waals surface area (Å²) in [4.78, 5) is 1.39. The smallest absolute Gasteiger partial charge is 0.158 e. The van der Waals surface area contributed by atoms with E-state index in [0.717, 1.165) is 36.1 Å². The van der Waals surface area contributed by atoms with Crippen LogP contribution < -0.4 is 10.6 Å². The van der Waals surface area contributed by atoms with Gasteiger partial charge in [-0.1, -0.05) is 0 Å². The molecule has 0 atom stereocenters. The molecule has 4 heteroatoms. The van der Waals surface area contributed by atoms with Gasteiger partial charge in [0.25, 0.3) is 0 Å². The normalized spacial score (nSPS) is 11.1. The Morgan fingerprint density at radius 3 is 2.71 bits per heavy atom. The van der Waals surface area contributed by atoms with Crippen molar-refractivity contribution in [1.82, 2.24) is 0 Å². The predicted octanol–water partition coefficient (Wildman–Crippen LogP) is -0.601. The highest BCUT2D eigenvalue weighted by molar-refractivity contribution is 7.98. The van der Waals surface area contributed by atoms with Crippen LogP contribution in [0, 0.1) is 0 Å². The third-order valence-electron chi connectivity index (χ3n) is 1.78. The van der Waals surface area contributed by atoms with Crippen LogP contribution in [-0.4, -0.2) is 26.4 Å². The van der Waals surface area contributed by atoms with Gasteiger partial charge in [-0.3, -0.25) is 0 Å².